The van der Waals surface area contributed by atoms with Gasteiger partial charge in [-0.05, 0) is 48.2 Å². The number of rotatable bonds is 5. The number of nitrogens with one attached hydrogen (secondary N) is 3. The van der Waals surface area contributed by atoms with E-state index in [9.17, 15) is 0 Å². The van der Waals surface area contributed by atoms with Gasteiger partial charge >= 0.3 is 0 Å². The summed E-state index contributed by atoms with van der Waals surface area (Å²) in [5, 5.41) is 9.37. The van der Waals surface area contributed by atoms with Crippen LogP contribution in [0.4, 0.5) is 0 Å². The van der Waals surface area contributed by atoms with Gasteiger partial charge in [0.05, 0.1) is 11.7 Å². The Morgan fingerprint density at radius 2 is 2.07 bits per heavy atom. The third-order valence-electron chi connectivity index (χ3n) is 4.70. The van der Waals surface area contributed by atoms with Gasteiger partial charge in [-0.2, -0.15) is 5.10 Å². The number of nitrogens with zero attached hydrogens (tertiary/aromatic N) is 1. The molecule has 2 unspecified atom stereocenters. The molecule has 142 valence electrons. The average molecular weight is 423 g/mol. The number of halogens is 2. The third-order valence-corrected chi connectivity index (χ3v) is 6.56. The van der Waals surface area contributed by atoms with Gasteiger partial charge < -0.3 is 11.5 Å². The van der Waals surface area contributed by atoms with Gasteiger partial charge in [0, 0.05) is 21.5 Å². The highest BCUT2D eigenvalue weighted by Gasteiger charge is 2.41. The van der Waals surface area contributed by atoms with Crippen molar-refractivity contribution in [1.29, 1.82) is 0 Å². The van der Waals surface area contributed by atoms with Crippen LogP contribution in [0.5, 0.6) is 0 Å². The summed E-state index contributed by atoms with van der Waals surface area (Å²) < 4.78 is 0. The van der Waals surface area contributed by atoms with E-state index in [-0.39, 0.29) is 11.5 Å². The van der Waals surface area contributed by atoms with Crippen molar-refractivity contribution >= 4 is 45.9 Å². The van der Waals surface area contributed by atoms with E-state index in [0.717, 1.165) is 22.0 Å². The van der Waals surface area contributed by atoms with Gasteiger partial charge in [0.2, 0.25) is 0 Å². The molecule has 2 heterocycles. The molecule has 6 nitrogen and oxygen atoms in total. The normalized spacial score (nSPS) is 23.8. The molecule has 3 atom stereocenters. The van der Waals surface area contributed by atoms with Crippen LogP contribution in [-0.4, -0.2) is 21.7 Å². The highest BCUT2D eigenvalue weighted by molar-refractivity contribution is 8.00. The number of H-pyrrole nitrogens is 1. The highest BCUT2D eigenvalue weighted by Crippen LogP contribution is 2.42. The number of thioether (sulfide) groups is 1. The summed E-state index contributed by atoms with van der Waals surface area (Å²) in [6, 6.07) is 11.6. The summed E-state index contributed by atoms with van der Waals surface area (Å²) in [6.45, 7) is 0. The molecule has 0 bridgehead atoms. The molecule has 3 aromatic rings. The molecule has 1 aliphatic rings. The van der Waals surface area contributed by atoms with E-state index in [1.807, 2.05) is 24.4 Å². The fourth-order valence-electron chi connectivity index (χ4n) is 3.43. The van der Waals surface area contributed by atoms with E-state index in [0.29, 0.717) is 22.9 Å². The van der Waals surface area contributed by atoms with E-state index in [2.05, 4.69) is 33.2 Å². The predicted molar refractivity (Wildman–Crippen MR) is 112 cm³/mol. The zero-order valence-corrected chi connectivity index (χ0v) is 16.7. The molecule has 0 radical (unpaired) electrons. The van der Waals surface area contributed by atoms with E-state index >= 15 is 0 Å². The summed E-state index contributed by atoms with van der Waals surface area (Å²) in [4.78, 5) is -0.441. The lowest BCUT2D eigenvalue weighted by Crippen LogP contribution is -2.45. The Balaban J connectivity index is 1.60. The third kappa shape index (κ3) is 3.95. The Labute approximate surface area is 171 Å². The smallest absolute Gasteiger partial charge is 0.118 e. The van der Waals surface area contributed by atoms with Gasteiger partial charge in [-0.15, -0.1) is 0 Å². The number of hydrogen-bond acceptors (Lipinski definition) is 6. The topological polar surface area (TPSA) is 105 Å². The zero-order chi connectivity index (χ0) is 19.0. The first-order chi connectivity index (χ1) is 12.9. The Kier molecular flexibility index (Phi) is 5.35. The van der Waals surface area contributed by atoms with Crippen molar-refractivity contribution in [1.82, 2.24) is 21.0 Å². The SMILES string of the molecule is NC1NNC(C[C@@H](N)Cc2ccc(Cl)cc2Cl)(c2ccc3[nH]ncc3c2)S1. The Hall–Kier alpha value is -1.32. The van der Waals surface area contributed by atoms with Crippen LogP contribution < -0.4 is 22.3 Å². The van der Waals surface area contributed by atoms with E-state index in [1.165, 1.54) is 0 Å². The van der Waals surface area contributed by atoms with E-state index in [1.54, 1.807) is 17.8 Å². The van der Waals surface area contributed by atoms with Crippen LogP contribution in [0.3, 0.4) is 0 Å². The van der Waals surface area contributed by atoms with Gasteiger partial charge in [-0.25, -0.2) is 10.9 Å². The molecule has 7 N–H and O–H groups in total. The van der Waals surface area contributed by atoms with Crippen molar-refractivity contribution in [3.05, 3.63) is 63.8 Å². The standard InChI is InChI=1S/C18H20Cl2N6S/c19-13-3-1-10(15(20)7-13)6-14(21)8-18(26-25-17(22)27-18)12-2-4-16-11(5-12)9-23-24-16/h1-5,7,9,14,17,25-26H,6,8,21-22H2,(H,23,24)/t14-,17?,18?/m0/s1. The van der Waals surface area contributed by atoms with Crippen molar-refractivity contribution in [2.75, 3.05) is 0 Å². The van der Waals surface area contributed by atoms with Gasteiger partial charge in [0.1, 0.15) is 10.4 Å². The first-order valence-corrected chi connectivity index (χ1v) is 10.2. The molecule has 1 saturated heterocycles. The molecule has 9 heteroatoms. The predicted octanol–water partition coefficient (Wildman–Crippen LogP) is 3.07. The van der Waals surface area contributed by atoms with Crippen molar-refractivity contribution < 1.29 is 0 Å². The van der Waals surface area contributed by atoms with Crippen LogP contribution in [0, 0.1) is 0 Å². The monoisotopic (exact) mass is 422 g/mol. The van der Waals surface area contributed by atoms with E-state index in [4.69, 9.17) is 34.7 Å². The first kappa shape index (κ1) is 19.0. The van der Waals surface area contributed by atoms with Gasteiger partial charge in [-0.1, -0.05) is 47.1 Å². The van der Waals surface area contributed by atoms with Crippen LogP contribution in [0.2, 0.25) is 10.0 Å². The summed E-state index contributed by atoms with van der Waals surface area (Å²) in [5.74, 6) is 0. The summed E-state index contributed by atoms with van der Waals surface area (Å²) in [5.41, 5.74) is 21.9. The lowest BCUT2D eigenvalue weighted by Gasteiger charge is -2.31. The van der Waals surface area contributed by atoms with Gasteiger partial charge in [-0.3, -0.25) is 5.10 Å². The average Bonchev–Trinajstić information content (AvgIpc) is 3.24. The molecule has 1 fully saturated rings. The molecule has 2 aromatic carbocycles. The highest BCUT2D eigenvalue weighted by atomic mass is 35.5. The van der Waals surface area contributed by atoms with Crippen molar-refractivity contribution in [3.8, 4) is 0 Å². The zero-order valence-electron chi connectivity index (χ0n) is 14.4. The van der Waals surface area contributed by atoms with Crippen molar-refractivity contribution in [2.24, 2.45) is 11.5 Å². The van der Waals surface area contributed by atoms with Crippen LogP contribution in [0.15, 0.2) is 42.6 Å². The second kappa shape index (κ2) is 7.60. The second-order valence-corrected chi connectivity index (χ2v) is 9.00. The number of nitrogens with two attached hydrogens (primary N) is 2. The number of aromatic amines is 1. The minimum Gasteiger partial charge on any atom is -0.327 e. The number of aromatic nitrogens is 2. The molecule has 27 heavy (non-hydrogen) atoms. The van der Waals surface area contributed by atoms with Crippen LogP contribution in [0.1, 0.15) is 17.5 Å². The number of fused-ring (bicyclic) bond motifs is 1. The van der Waals surface area contributed by atoms with Gasteiger partial charge in [0.25, 0.3) is 0 Å². The molecule has 1 aliphatic heterocycles. The molecule has 4 rings (SSSR count). The Bertz CT molecular complexity index is 964. The number of hydrazine groups is 1. The summed E-state index contributed by atoms with van der Waals surface area (Å²) in [6.07, 6.45) is 3.12. The fourth-order valence-corrected chi connectivity index (χ4v) is 5.15. The molecular weight excluding hydrogens is 403 g/mol. The molecule has 0 aliphatic carbocycles. The van der Waals surface area contributed by atoms with Crippen molar-refractivity contribution in [3.63, 3.8) is 0 Å². The first-order valence-electron chi connectivity index (χ1n) is 8.54. The Morgan fingerprint density at radius 3 is 2.81 bits per heavy atom. The van der Waals surface area contributed by atoms with Crippen molar-refractivity contribution in [2.45, 2.75) is 29.3 Å². The maximum atomic E-state index is 6.52. The fraction of sp³-hybridized carbons (Fsp3) is 0.278. The number of benzene rings is 2. The lowest BCUT2D eigenvalue weighted by molar-refractivity contribution is 0.381. The second-order valence-electron chi connectivity index (χ2n) is 6.71. The maximum absolute atomic E-state index is 6.52. The minimum absolute atomic E-state index is 0.129. The van der Waals surface area contributed by atoms with Gasteiger partial charge in [0.15, 0.2) is 0 Å². The largest absolute Gasteiger partial charge is 0.327 e. The quantitative estimate of drug-likeness (QED) is 0.432. The molecular formula is C18H20Cl2N6S. The van der Waals surface area contributed by atoms with E-state index < -0.39 is 4.87 Å². The minimum atomic E-state index is -0.441. The summed E-state index contributed by atoms with van der Waals surface area (Å²) in [7, 11) is 0. The summed E-state index contributed by atoms with van der Waals surface area (Å²) >= 11 is 13.9. The maximum Gasteiger partial charge on any atom is 0.118 e. The molecule has 0 spiro atoms. The van der Waals surface area contributed by atoms with Crippen LogP contribution in [0.25, 0.3) is 10.9 Å². The van der Waals surface area contributed by atoms with Crippen LogP contribution in [-0.2, 0) is 11.3 Å². The number of hydrogen-bond donors (Lipinski definition) is 5. The molecule has 0 saturated carbocycles. The lowest BCUT2D eigenvalue weighted by atomic mass is 9.94. The molecule has 0 amide bonds. The molecule has 1 aromatic heterocycles. The van der Waals surface area contributed by atoms with Crippen LogP contribution >= 0.6 is 35.0 Å². The Morgan fingerprint density at radius 1 is 1.22 bits per heavy atom.